The van der Waals surface area contributed by atoms with E-state index in [1.54, 1.807) is 6.20 Å². The van der Waals surface area contributed by atoms with Crippen LogP contribution >= 0.6 is 0 Å². The molecule has 0 atom stereocenters. The summed E-state index contributed by atoms with van der Waals surface area (Å²) < 4.78 is 3.84. The first-order valence-corrected chi connectivity index (χ1v) is 9.23. The average Bonchev–Trinajstić information content (AvgIpc) is 3.32. The molecule has 3 heterocycles. The molecule has 0 unspecified atom stereocenters. The second-order valence-corrected chi connectivity index (χ2v) is 6.53. The molecule has 0 bridgehead atoms. The molecular formula is C21H21N7O. The molecule has 8 nitrogen and oxygen atoms in total. The van der Waals surface area contributed by atoms with Gasteiger partial charge in [0.05, 0.1) is 11.2 Å². The summed E-state index contributed by atoms with van der Waals surface area (Å²) >= 11 is 0. The van der Waals surface area contributed by atoms with E-state index in [4.69, 9.17) is 0 Å². The van der Waals surface area contributed by atoms with E-state index in [2.05, 4.69) is 32.3 Å². The number of anilines is 3. The molecule has 0 fully saturated rings. The first kappa shape index (κ1) is 18.4. The third-order valence-corrected chi connectivity index (χ3v) is 4.58. The number of hydrogen-bond donors (Lipinski definition) is 2. The van der Waals surface area contributed by atoms with Crippen LogP contribution in [0.15, 0.2) is 61.6 Å². The minimum Gasteiger partial charge on any atom is -0.350 e. The minimum absolute atomic E-state index is 0.240. The number of fused-ring (bicyclic) bond motifs is 1. The highest BCUT2D eigenvalue weighted by Crippen LogP contribution is 2.31. The van der Waals surface area contributed by atoms with Crippen LogP contribution in [-0.4, -0.2) is 30.2 Å². The van der Waals surface area contributed by atoms with Crippen molar-refractivity contribution in [3.63, 3.8) is 0 Å². The van der Waals surface area contributed by atoms with Crippen molar-refractivity contribution in [2.75, 3.05) is 10.6 Å². The van der Waals surface area contributed by atoms with Crippen molar-refractivity contribution >= 4 is 34.3 Å². The van der Waals surface area contributed by atoms with Gasteiger partial charge in [0.15, 0.2) is 5.82 Å². The molecule has 2 N–H and O–H groups in total. The zero-order valence-electron chi connectivity index (χ0n) is 16.3. The van der Waals surface area contributed by atoms with Gasteiger partial charge in [0.2, 0.25) is 11.9 Å². The quantitative estimate of drug-likeness (QED) is 0.492. The molecule has 8 heteroatoms. The Balaban J connectivity index is 1.67. The summed E-state index contributed by atoms with van der Waals surface area (Å²) in [6.07, 6.45) is 6.89. The number of aromatic nitrogens is 5. The van der Waals surface area contributed by atoms with Crippen LogP contribution in [-0.2, 0) is 18.4 Å². The number of aryl methyl sites for hydroxylation is 2. The number of amides is 1. The Hall–Kier alpha value is -3.94. The maximum absolute atomic E-state index is 11.6. The van der Waals surface area contributed by atoms with E-state index in [1.165, 1.54) is 6.08 Å². The van der Waals surface area contributed by atoms with Crippen molar-refractivity contribution in [3.05, 3.63) is 61.6 Å². The first-order chi connectivity index (χ1) is 14.1. The lowest BCUT2D eigenvalue weighted by Gasteiger charge is -2.05. The van der Waals surface area contributed by atoms with Gasteiger partial charge in [-0.05, 0) is 31.2 Å². The molecular weight excluding hydrogens is 366 g/mol. The van der Waals surface area contributed by atoms with Gasteiger partial charge in [0, 0.05) is 54.9 Å². The molecule has 1 amide bonds. The third-order valence-electron chi connectivity index (χ3n) is 4.58. The van der Waals surface area contributed by atoms with E-state index in [0.29, 0.717) is 17.5 Å². The number of carbonyl (C=O) groups excluding carboxylic acids is 1. The lowest BCUT2D eigenvalue weighted by atomic mass is 10.1. The fraction of sp³-hybridized carbons (Fsp3) is 0.143. The summed E-state index contributed by atoms with van der Waals surface area (Å²) in [6, 6.07) is 9.53. The number of rotatable bonds is 6. The molecule has 0 aliphatic carbocycles. The Kier molecular flexibility index (Phi) is 4.82. The number of benzene rings is 1. The molecule has 29 heavy (non-hydrogen) atoms. The van der Waals surface area contributed by atoms with Crippen molar-refractivity contribution in [1.29, 1.82) is 0 Å². The first-order valence-electron chi connectivity index (χ1n) is 9.23. The van der Waals surface area contributed by atoms with E-state index in [1.807, 2.05) is 65.9 Å². The highest BCUT2D eigenvalue weighted by molar-refractivity contribution is 6.02. The Morgan fingerprint density at radius 1 is 1.28 bits per heavy atom. The van der Waals surface area contributed by atoms with Gasteiger partial charge < -0.3 is 15.2 Å². The van der Waals surface area contributed by atoms with Gasteiger partial charge in [-0.3, -0.25) is 9.48 Å². The Bertz CT molecular complexity index is 1200. The summed E-state index contributed by atoms with van der Waals surface area (Å²) in [5.74, 6) is 0.941. The Morgan fingerprint density at radius 2 is 2.14 bits per heavy atom. The minimum atomic E-state index is -0.240. The standard InChI is InChI=1S/C21H21N7O/c1-4-20(29)23-14-6-7-15-16(13-27(3)18(15)12-14)17-8-10-22-21(24-17)25-19-9-11-28(5-2)26-19/h4,6-13H,1,5H2,2-3H3,(H,23,29)(H,22,24,25,26). The fourth-order valence-corrected chi connectivity index (χ4v) is 3.15. The summed E-state index contributed by atoms with van der Waals surface area (Å²) in [6.45, 7) is 6.31. The topological polar surface area (TPSA) is 89.7 Å². The predicted molar refractivity (Wildman–Crippen MR) is 114 cm³/mol. The van der Waals surface area contributed by atoms with Crippen LogP contribution in [0.25, 0.3) is 22.2 Å². The van der Waals surface area contributed by atoms with Gasteiger partial charge in [-0.1, -0.05) is 12.6 Å². The van der Waals surface area contributed by atoms with Gasteiger partial charge >= 0.3 is 0 Å². The highest BCUT2D eigenvalue weighted by Gasteiger charge is 2.12. The third kappa shape index (κ3) is 3.73. The van der Waals surface area contributed by atoms with Crippen LogP contribution in [0.2, 0.25) is 0 Å². The van der Waals surface area contributed by atoms with Crippen molar-refractivity contribution in [3.8, 4) is 11.3 Å². The number of carbonyl (C=O) groups is 1. The van der Waals surface area contributed by atoms with Gasteiger partial charge in [-0.25, -0.2) is 9.97 Å². The molecule has 0 saturated carbocycles. The largest absolute Gasteiger partial charge is 0.350 e. The Labute approximate surface area is 167 Å². The van der Waals surface area contributed by atoms with Crippen molar-refractivity contribution in [2.45, 2.75) is 13.5 Å². The van der Waals surface area contributed by atoms with Crippen LogP contribution in [0.5, 0.6) is 0 Å². The average molecular weight is 387 g/mol. The summed E-state index contributed by atoms with van der Waals surface area (Å²) in [4.78, 5) is 20.5. The SMILES string of the molecule is C=CC(=O)Nc1ccc2c(-c3ccnc(Nc4ccn(CC)n4)n3)cn(C)c2c1. The van der Waals surface area contributed by atoms with Crippen LogP contribution < -0.4 is 10.6 Å². The van der Waals surface area contributed by atoms with Crippen molar-refractivity contribution < 1.29 is 4.79 Å². The highest BCUT2D eigenvalue weighted by atomic mass is 16.1. The van der Waals surface area contributed by atoms with E-state index in [-0.39, 0.29) is 5.91 Å². The molecule has 0 aliphatic heterocycles. The van der Waals surface area contributed by atoms with Crippen LogP contribution in [0.3, 0.4) is 0 Å². The predicted octanol–water partition coefficient (Wildman–Crippen LogP) is 3.72. The molecule has 0 aliphatic rings. The fourth-order valence-electron chi connectivity index (χ4n) is 3.15. The number of nitrogens with zero attached hydrogens (tertiary/aromatic N) is 5. The normalized spacial score (nSPS) is 10.8. The zero-order valence-corrected chi connectivity index (χ0v) is 16.3. The molecule has 0 spiro atoms. The monoisotopic (exact) mass is 387 g/mol. The Morgan fingerprint density at radius 3 is 2.90 bits per heavy atom. The van der Waals surface area contributed by atoms with E-state index in [9.17, 15) is 4.79 Å². The molecule has 1 aromatic carbocycles. The van der Waals surface area contributed by atoms with Crippen LogP contribution in [0, 0.1) is 0 Å². The summed E-state index contributed by atoms with van der Waals surface area (Å²) in [5, 5.41) is 11.4. The maximum atomic E-state index is 11.6. The van der Waals surface area contributed by atoms with Crippen molar-refractivity contribution in [1.82, 2.24) is 24.3 Å². The maximum Gasteiger partial charge on any atom is 0.247 e. The number of nitrogens with one attached hydrogen (secondary N) is 2. The molecule has 3 aromatic heterocycles. The van der Waals surface area contributed by atoms with Crippen molar-refractivity contribution in [2.24, 2.45) is 7.05 Å². The van der Waals surface area contributed by atoms with E-state index in [0.717, 1.165) is 28.7 Å². The van der Waals surface area contributed by atoms with Gasteiger partial charge in [0.25, 0.3) is 0 Å². The summed E-state index contributed by atoms with van der Waals surface area (Å²) in [5.41, 5.74) is 3.47. The molecule has 146 valence electrons. The van der Waals surface area contributed by atoms with Gasteiger partial charge in [-0.2, -0.15) is 5.10 Å². The lowest BCUT2D eigenvalue weighted by Crippen LogP contribution is -2.07. The van der Waals surface area contributed by atoms with Gasteiger partial charge in [-0.15, -0.1) is 0 Å². The molecule has 4 aromatic rings. The zero-order chi connectivity index (χ0) is 20.4. The second kappa shape index (κ2) is 7.59. The summed E-state index contributed by atoms with van der Waals surface area (Å²) in [7, 11) is 1.96. The number of hydrogen-bond acceptors (Lipinski definition) is 5. The molecule has 0 radical (unpaired) electrons. The second-order valence-electron chi connectivity index (χ2n) is 6.53. The van der Waals surface area contributed by atoms with Crippen LogP contribution in [0.4, 0.5) is 17.5 Å². The molecule has 4 rings (SSSR count). The molecule has 0 saturated heterocycles. The lowest BCUT2D eigenvalue weighted by molar-refractivity contribution is -0.111. The van der Waals surface area contributed by atoms with E-state index < -0.39 is 0 Å². The smallest absolute Gasteiger partial charge is 0.247 e. The van der Waals surface area contributed by atoms with Crippen LogP contribution in [0.1, 0.15) is 6.92 Å². The van der Waals surface area contributed by atoms with Gasteiger partial charge in [0.1, 0.15) is 0 Å². The van der Waals surface area contributed by atoms with E-state index >= 15 is 0 Å².